The van der Waals surface area contributed by atoms with Crippen LogP contribution in [0.15, 0.2) is 53.4 Å². The Morgan fingerprint density at radius 2 is 1.67 bits per heavy atom. The molecule has 4 rings (SSSR count). The maximum atomic E-state index is 12.9. The molecule has 0 bridgehead atoms. The van der Waals surface area contributed by atoms with E-state index in [1.54, 1.807) is 41.3 Å². The Kier molecular flexibility index (Phi) is 4.45. The SMILES string of the molecule is O=C1Cc2cc(S(=O)(=O)N3CCN(C(=O)c4ccccc4)CC3)ccc2N1. The molecule has 27 heavy (non-hydrogen) atoms. The van der Waals surface area contributed by atoms with Crippen molar-refractivity contribution >= 4 is 27.5 Å². The predicted octanol–water partition coefficient (Wildman–Crippen LogP) is 1.33. The van der Waals surface area contributed by atoms with Crippen LogP contribution < -0.4 is 5.32 Å². The average Bonchev–Trinajstić information content (AvgIpc) is 3.07. The summed E-state index contributed by atoms with van der Waals surface area (Å²) in [6, 6.07) is 13.7. The van der Waals surface area contributed by atoms with Crippen LogP contribution in [0, 0.1) is 0 Å². The minimum atomic E-state index is -3.66. The molecule has 0 unspecified atom stereocenters. The maximum Gasteiger partial charge on any atom is 0.253 e. The van der Waals surface area contributed by atoms with Crippen LogP contribution in [0.2, 0.25) is 0 Å². The fourth-order valence-electron chi connectivity index (χ4n) is 3.41. The molecule has 2 amide bonds. The minimum absolute atomic E-state index is 0.0882. The van der Waals surface area contributed by atoms with Crippen LogP contribution >= 0.6 is 0 Å². The summed E-state index contributed by atoms with van der Waals surface area (Å²) < 4.78 is 27.3. The lowest BCUT2D eigenvalue weighted by Crippen LogP contribution is -2.50. The summed E-state index contributed by atoms with van der Waals surface area (Å²) in [4.78, 5) is 25.8. The van der Waals surface area contributed by atoms with Crippen molar-refractivity contribution in [3.05, 3.63) is 59.7 Å². The van der Waals surface area contributed by atoms with E-state index in [0.717, 1.165) is 0 Å². The second-order valence-electron chi connectivity index (χ2n) is 6.61. The molecule has 1 fully saturated rings. The first-order valence-corrected chi connectivity index (χ1v) is 10.2. The van der Waals surface area contributed by atoms with Crippen molar-refractivity contribution < 1.29 is 18.0 Å². The first-order valence-electron chi connectivity index (χ1n) is 8.72. The third kappa shape index (κ3) is 3.33. The number of benzene rings is 2. The first-order chi connectivity index (χ1) is 12.9. The lowest BCUT2D eigenvalue weighted by molar-refractivity contribution is -0.115. The Morgan fingerprint density at radius 1 is 0.963 bits per heavy atom. The van der Waals surface area contributed by atoms with E-state index >= 15 is 0 Å². The number of anilines is 1. The molecule has 0 aromatic heterocycles. The average molecular weight is 385 g/mol. The Labute approximate surface area is 157 Å². The number of hydrogen-bond acceptors (Lipinski definition) is 4. The lowest BCUT2D eigenvalue weighted by atomic mass is 10.2. The Balaban J connectivity index is 1.47. The first kappa shape index (κ1) is 17.7. The van der Waals surface area contributed by atoms with Crippen molar-refractivity contribution in [3.8, 4) is 0 Å². The topological polar surface area (TPSA) is 86.8 Å². The second-order valence-corrected chi connectivity index (χ2v) is 8.54. The predicted molar refractivity (Wildman–Crippen MR) is 99.9 cm³/mol. The van der Waals surface area contributed by atoms with Gasteiger partial charge in [0.1, 0.15) is 0 Å². The van der Waals surface area contributed by atoms with Gasteiger partial charge in [-0.05, 0) is 35.9 Å². The molecule has 0 atom stereocenters. The molecule has 1 N–H and O–H groups in total. The van der Waals surface area contributed by atoms with Gasteiger partial charge < -0.3 is 10.2 Å². The molecule has 2 aromatic carbocycles. The van der Waals surface area contributed by atoms with Gasteiger partial charge in [-0.1, -0.05) is 18.2 Å². The molecule has 2 aliphatic heterocycles. The molecule has 2 heterocycles. The van der Waals surface area contributed by atoms with E-state index in [1.807, 2.05) is 6.07 Å². The zero-order chi connectivity index (χ0) is 19.0. The number of carbonyl (C=O) groups is 2. The lowest BCUT2D eigenvalue weighted by Gasteiger charge is -2.34. The van der Waals surface area contributed by atoms with Gasteiger partial charge in [0.15, 0.2) is 0 Å². The number of rotatable bonds is 3. The van der Waals surface area contributed by atoms with Crippen molar-refractivity contribution in [2.24, 2.45) is 0 Å². The van der Waals surface area contributed by atoms with Gasteiger partial charge in [0, 0.05) is 37.4 Å². The van der Waals surface area contributed by atoms with Crippen LogP contribution in [0.3, 0.4) is 0 Å². The summed E-state index contributed by atoms with van der Waals surface area (Å²) in [5.41, 5.74) is 1.96. The summed E-state index contributed by atoms with van der Waals surface area (Å²) in [7, 11) is -3.66. The maximum absolute atomic E-state index is 12.9. The molecular weight excluding hydrogens is 366 g/mol. The van der Waals surface area contributed by atoms with Crippen molar-refractivity contribution in [1.29, 1.82) is 0 Å². The number of amides is 2. The molecule has 8 heteroatoms. The van der Waals surface area contributed by atoms with E-state index in [-0.39, 0.29) is 36.2 Å². The second kappa shape index (κ2) is 6.79. The number of piperazine rings is 1. The normalized spacial score (nSPS) is 17.5. The summed E-state index contributed by atoms with van der Waals surface area (Å²) >= 11 is 0. The van der Waals surface area contributed by atoms with Crippen LogP contribution in [0.1, 0.15) is 15.9 Å². The zero-order valence-electron chi connectivity index (χ0n) is 14.6. The molecule has 2 aliphatic rings. The summed E-state index contributed by atoms with van der Waals surface area (Å²) in [6.45, 7) is 1.18. The summed E-state index contributed by atoms with van der Waals surface area (Å²) in [5, 5.41) is 2.70. The van der Waals surface area contributed by atoms with Gasteiger partial charge >= 0.3 is 0 Å². The number of sulfonamides is 1. The molecule has 1 saturated heterocycles. The summed E-state index contributed by atoms with van der Waals surface area (Å²) in [6.07, 6.45) is 0.193. The van der Waals surface area contributed by atoms with Gasteiger partial charge in [-0.2, -0.15) is 4.31 Å². The van der Waals surface area contributed by atoms with Crippen LogP contribution in [0.4, 0.5) is 5.69 Å². The Bertz CT molecular complexity index is 997. The third-order valence-corrected chi connectivity index (χ3v) is 6.78. The van der Waals surface area contributed by atoms with Gasteiger partial charge in [0.25, 0.3) is 5.91 Å². The summed E-state index contributed by atoms with van der Waals surface area (Å²) in [5.74, 6) is -0.220. The van der Waals surface area contributed by atoms with E-state index in [4.69, 9.17) is 0 Å². The fourth-order valence-corrected chi connectivity index (χ4v) is 4.88. The van der Waals surface area contributed by atoms with Gasteiger partial charge in [0.2, 0.25) is 15.9 Å². The highest BCUT2D eigenvalue weighted by Crippen LogP contribution is 2.27. The molecule has 0 aliphatic carbocycles. The highest BCUT2D eigenvalue weighted by Gasteiger charge is 2.31. The van der Waals surface area contributed by atoms with E-state index in [9.17, 15) is 18.0 Å². The highest BCUT2D eigenvalue weighted by atomic mass is 32.2. The minimum Gasteiger partial charge on any atom is -0.336 e. The van der Waals surface area contributed by atoms with Crippen molar-refractivity contribution in [2.45, 2.75) is 11.3 Å². The van der Waals surface area contributed by atoms with Crippen LogP contribution in [-0.4, -0.2) is 55.6 Å². The Hall–Kier alpha value is -2.71. The van der Waals surface area contributed by atoms with E-state index in [1.165, 1.54) is 10.4 Å². The number of carbonyl (C=O) groups excluding carboxylic acids is 2. The molecule has 0 saturated carbocycles. The molecule has 0 radical (unpaired) electrons. The van der Waals surface area contributed by atoms with Crippen LogP contribution in [0.25, 0.3) is 0 Å². The van der Waals surface area contributed by atoms with E-state index in [2.05, 4.69) is 5.32 Å². The highest BCUT2D eigenvalue weighted by molar-refractivity contribution is 7.89. The molecule has 7 nitrogen and oxygen atoms in total. The van der Waals surface area contributed by atoms with Gasteiger partial charge in [-0.25, -0.2) is 8.42 Å². The van der Waals surface area contributed by atoms with Crippen LogP contribution in [-0.2, 0) is 21.2 Å². The van der Waals surface area contributed by atoms with Crippen LogP contribution in [0.5, 0.6) is 0 Å². The van der Waals surface area contributed by atoms with Crippen molar-refractivity contribution in [1.82, 2.24) is 9.21 Å². The number of fused-ring (bicyclic) bond motifs is 1. The van der Waals surface area contributed by atoms with E-state index in [0.29, 0.717) is 29.9 Å². The quantitative estimate of drug-likeness (QED) is 0.864. The monoisotopic (exact) mass is 385 g/mol. The number of hydrogen-bond donors (Lipinski definition) is 1. The van der Waals surface area contributed by atoms with Gasteiger partial charge in [0.05, 0.1) is 11.3 Å². The molecule has 0 spiro atoms. The number of nitrogens with one attached hydrogen (secondary N) is 1. The Morgan fingerprint density at radius 3 is 2.37 bits per heavy atom. The fraction of sp³-hybridized carbons (Fsp3) is 0.263. The molecule has 140 valence electrons. The zero-order valence-corrected chi connectivity index (χ0v) is 15.4. The largest absolute Gasteiger partial charge is 0.336 e. The van der Waals surface area contributed by atoms with Crippen molar-refractivity contribution in [3.63, 3.8) is 0 Å². The standard InChI is InChI=1S/C19H19N3O4S/c23-18-13-15-12-16(6-7-17(15)20-18)27(25,26)22-10-8-21(9-11-22)19(24)14-4-2-1-3-5-14/h1-7,12H,8-11,13H2,(H,20,23). The third-order valence-electron chi connectivity index (χ3n) is 4.89. The van der Waals surface area contributed by atoms with Gasteiger partial charge in [-0.15, -0.1) is 0 Å². The van der Waals surface area contributed by atoms with Crippen molar-refractivity contribution in [2.75, 3.05) is 31.5 Å². The smallest absolute Gasteiger partial charge is 0.253 e. The van der Waals surface area contributed by atoms with Gasteiger partial charge in [-0.3, -0.25) is 9.59 Å². The molecular formula is C19H19N3O4S. The van der Waals surface area contributed by atoms with E-state index < -0.39 is 10.0 Å². The molecule has 2 aromatic rings. The number of nitrogens with zero attached hydrogens (tertiary/aromatic N) is 2.